The number of unbranched alkanes of at least 4 members (excludes halogenated alkanes) is 19. The van der Waals surface area contributed by atoms with Gasteiger partial charge in [-0.2, -0.15) is 0 Å². The average molecular weight is 448 g/mol. The summed E-state index contributed by atoms with van der Waals surface area (Å²) in [6, 6.07) is 1.59. The molecule has 184 valence electrons. The molecule has 2 N–H and O–H groups in total. The van der Waals surface area contributed by atoms with Crippen LogP contribution in [0.5, 0.6) is 0 Å². The Morgan fingerprint density at radius 1 is 0.719 bits per heavy atom. The van der Waals surface area contributed by atoms with Gasteiger partial charge in [-0.05, 0) is 12.5 Å². The molecule has 0 aliphatic rings. The van der Waals surface area contributed by atoms with Crippen LogP contribution in [0, 0.1) is 0 Å². The highest BCUT2D eigenvalue weighted by Gasteiger charge is 2.03. The van der Waals surface area contributed by atoms with E-state index in [4.69, 9.17) is 0 Å². The number of nitrogens with zero attached hydrogens (tertiary/aromatic N) is 1. The van der Waals surface area contributed by atoms with E-state index in [0.717, 1.165) is 12.8 Å². The second-order valence-electron chi connectivity index (χ2n) is 9.30. The second-order valence-corrected chi connectivity index (χ2v) is 9.30. The van der Waals surface area contributed by atoms with Crippen molar-refractivity contribution in [2.75, 3.05) is 5.32 Å². The molecule has 1 amide bonds. The molecular formula is C27H49N3O2. The van der Waals surface area contributed by atoms with Gasteiger partial charge in [0.15, 0.2) is 0 Å². The number of hydrogen-bond acceptors (Lipinski definition) is 3. The Kier molecular flexibility index (Phi) is 18.8. The number of aromatic nitrogens is 2. The molecule has 0 spiro atoms. The molecule has 32 heavy (non-hydrogen) atoms. The van der Waals surface area contributed by atoms with E-state index in [1.165, 1.54) is 122 Å². The Hall–Kier alpha value is -1.65. The van der Waals surface area contributed by atoms with Gasteiger partial charge in [0.2, 0.25) is 5.91 Å². The van der Waals surface area contributed by atoms with E-state index in [9.17, 15) is 9.59 Å². The smallest absolute Gasteiger partial charge is 0.312 e. The zero-order valence-corrected chi connectivity index (χ0v) is 20.8. The first-order valence-electron chi connectivity index (χ1n) is 13.6. The SMILES string of the molecule is CCCCCCCCCCCCCCCCCCCCCCC(=O)Nc1ccnc(=O)[nH]1. The van der Waals surface area contributed by atoms with Gasteiger partial charge in [0.25, 0.3) is 0 Å². The molecule has 0 unspecified atom stereocenters. The molecule has 0 aromatic carbocycles. The van der Waals surface area contributed by atoms with Crippen LogP contribution in [-0.2, 0) is 4.79 Å². The van der Waals surface area contributed by atoms with Gasteiger partial charge in [-0.25, -0.2) is 9.78 Å². The third-order valence-corrected chi connectivity index (χ3v) is 6.21. The third-order valence-electron chi connectivity index (χ3n) is 6.21. The number of amides is 1. The molecule has 0 atom stereocenters. The molecule has 1 aromatic heterocycles. The van der Waals surface area contributed by atoms with Crippen molar-refractivity contribution in [3.8, 4) is 0 Å². The maximum atomic E-state index is 11.9. The van der Waals surface area contributed by atoms with Gasteiger partial charge in [-0.15, -0.1) is 0 Å². The van der Waals surface area contributed by atoms with Crippen molar-refractivity contribution in [1.82, 2.24) is 9.97 Å². The molecule has 1 aromatic rings. The van der Waals surface area contributed by atoms with E-state index in [0.29, 0.717) is 12.2 Å². The number of aromatic amines is 1. The fourth-order valence-corrected chi connectivity index (χ4v) is 4.20. The molecule has 5 heteroatoms. The van der Waals surface area contributed by atoms with Gasteiger partial charge in [-0.1, -0.05) is 129 Å². The monoisotopic (exact) mass is 447 g/mol. The molecule has 1 rings (SSSR count). The summed E-state index contributed by atoms with van der Waals surface area (Å²) in [5, 5.41) is 2.71. The number of anilines is 1. The summed E-state index contributed by atoms with van der Waals surface area (Å²) in [5.41, 5.74) is -0.443. The predicted molar refractivity (Wildman–Crippen MR) is 136 cm³/mol. The van der Waals surface area contributed by atoms with E-state index >= 15 is 0 Å². The molecule has 0 fully saturated rings. The number of rotatable bonds is 22. The van der Waals surface area contributed by atoms with Gasteiger partial charge >= 0.3 is 5.69 Å². The Labute approximate surface area is 196 Å². The van der Waals surface area contributed by atoms with Crippen molar-refractivity contribution >= 4 is 11.7 Å². The minimum Gasteiger partial charge on any atom is -0.312 e. The van der Waals surface area contributed by atoms with E-state index < -0.39 is 5.69 Å². The minimum atomic E-state index is -0.443. The number of carbonyl (C=O) groups is 1. The molecule has 1 heterocycles. The lowest BCUT2D eigenvalue weighted by atomic mass is 10.0. The summed E-state index contributed by atoms with van der Waals surface area (Å²) >= 11 is 0. The van der Waals surface area contributed by atoms with Crippen LogP contribution < -0.4 is 11.0 Å². The van der Waals surface area contributed by atoms with Crippen molar-refractivity contribution in [3.63, 3.8) is 0 Å². The van der Waals surface area contributed by atoms with Crippen molar-refractivity contribution in [2.45, 2.75) is 142 Å². The maximum Gasteiger partial charge on any atom is 0.346 e. The van der Waals surface area contributed by atoms with Crippen LogP contribution in [0.25, 0.3) is 0 Å². The molecular weight excluding hydrogens is 398 g/mol. The van der Waals surface area contributed by atoms with Crippen LogP contribution >= 0.6 is 0 Å². The van der Waals surface area contributed by atoms with Gasteiger partial charge in [0.05, 0.1) is 0 Å². The zero-order valence-electron chi connectivity index (χ0n) is 20.8. The van der Waals surface area contributed by atoms with Crippen LogP contribution in [0.15, 0.2) is 17.1 Å². The van der Waals surface area contributed by atoms with Crippen molar-refractivity contribution in [2.24, 2.45) is 0 Å². The lowest BCUT2D eigenvalue weighted by Gasteiger charge is -2.05. The first-order chi connectivity index (χ1) is 15.7. The van der Waals surface area contributed by atoms with Crippen LogP contribution in [-0.4, -0.2) is 15.9 Å². The fourth-order valence-electron chi connectivity index (χ4n) is 4.20. The summed E-state index contributed by atoms with van der Waals surface area (Å²) in [6.07, 6.45) is 29.0. The topological polar surface area (TPSA) is 74.8 Å². The van der Waals surface area contributed by atoms with Crippen LogP contribution in [0.4, 0.5) is 5.82 Å². The highest BCUT2D eigenvalue weighted by molar-refractivity contribution is 5.89. The molecule has 5 nitrogen and oxygen atoms in total. The van der Waals surface area contributed by atoms with Crippen LogP contribution in [0.1, 0.15) is 142 Å². The first-order valence-corrected chi connectivity index (χ1v) is 13.6. The van der Waals surface area contributed by atoms with Gasteiger partial charge in [-0.3, -0.25) is 9.78 Å². The molecule has 0 saturated carbocycles. The summed E-state index contributed by atoms with van der Waals surface area (Å²) in [6.45, 7) is 2.28. The average Bonchev–Trinajstić information content (AvgIpc) is 2.78. The van der Waals surface area contributed by atoms with Crippen molar-refractivity contribution in [1.29, 1.82) is 0 Å². The first kappa shape index (κ1) is 28.4. The Morgan fingerprint density at radius 2 is 1.12 bits per heavy atom. The predicted octanol–water partition coefficient (Wildman–Crippen LogP) is 7.92. The third kappa shape index (κ3) is 18.0. The number of carbonyl (C=O) groups excluding carboxylic acids is 1. The summed E-state index contributed by atoms with van der Waals surface area (Å²) in [7, 11) is 0. The van der Waals surface area contributed by atoms with Gasteiger partial charge < -0.3 is 5.32 Å². The summed E-state index contributed by atoms with van der Waals surface area (Å²) < 4.78 is 0. The van der Waals surface area contributed by atoms with Crippen LogP contribution in [0.3, 0.4) is 0 Å². The number of nitrogens with one attached hydrogen (secondary N) is 2. The Balaban J connectivity index is 1.75. The van der Waals surface area contributed by atoms with E-state index in [1.807, 2.05) is 0 Å². The summed E-state index contributed by atoms with van der Waals surface area (Å²) in [5.74, 6) is 0.373. The van der Waals surface area contributed by atoms with Gasteiger partial charge in [0, 0.05) is 12.6 Å². The largest absolute Gasteiger partial charge is 0.346 e. The quantitative estimate of drug-likeness (QED) is 0.177. The van der Waals surface area contributed by atoms with Gasteiger partial charge in [0.1, 0.15) is 5.82 Å². The lowest BCUT2D eigenvalue weighted by Crippen LogP contribution is -2.17. The second kappa shape index (κ2) is 21.2. The van der Waals surface area contributed by atoms with E-state index in [2.05, 4.69) is 22.2 Å². The maximum absolute atomic E-state index is 11.9. The van der Waals surface area contributed by atoms with E-state index in [-0.39, 0.29) is 5.91 Å². The number of H-pyrrole nitrogens is 1. The van der Waals surface area contributed by atoms with Crippen molar-refractivity contribution < 1.29 is 4.79 Å². The molecule has 0 radical (unpaired) electrons. The molecule has 0 aliphatic carbocycles. The molecule has 0 bridgehead atoms. The van der Waals surface area contributed by atoms with Crippen LogP contribution in [0.2, 0.25) is 0 Å². The minimum absolute atomic E-state index is 0.0470. The lowest BCUT2D eigenvalue weighted by molar-refractivity contribution is -0.116. The summed E-state index contributed by atoms with van der Waals surface area (Å²) in [4.78, 5) is 29.0. The highest BCUT2D eigenvalue weighted by atomic mass is 16.2. The number of hydrogen-bond donors (Lipinski definition) is 2. The standard InChI is InChI=1S/C27H49N3O2/c1-2-3-4-5-6-7-8-9-10-11-12-13-14-15-16-17-18-19-20-21-22-26(31)29-25-23-24-28-27(32)30-25/h23-24H,2-22H2,1H3,(H2,28,29,30,31,32). The van der Waals surface area contributed by atoms with E-state index in [1.54, 1.807) is 6.07 Å². The molecule has 0 aliphatic heterocycles. The normalized spacial score (nSPS) is 11.0. The highest BCUT2D eigenvalue weighted by Crippen LogP contribution is 2.15. The fraction of sp³-hybridized carbons (Fsp3) is 0.815. The zero-order chi connectivity index (χ0) is 23.1. The Morgan fingerprint density at radius 3 is 1.53 bits per heavy atom. The molecule has 0 saturated heterocycles. The Bertz CT molecular complexity index is 615. The van der Waals surface area contributed by atoms with Crippen molar-refractivity contribution in [3.05, 3.63) is 22.7 Å².